The fraction of sp³-hybridized carbons (Fsp3) is 0.190. The lowest BCUT2D eigenvalue weighted by atomic mass is 10.1. The van der Waals surface area contributed by atoms with E-state index in [-0.39, 0.29) is 11.7 Å². The molecule has 1 amide bonds. The summed E-state index contributed by atoms with van der Waals surface area (Å²) in [5, 5.41) is 12.1. The Morgan fingerprint density at radius 2 is 1.90 bits per heavy atom. The van der Waals surface area contributed by atoms with Crippen LogP contribution in [0.1, 0.15) is 16.7 Å². The van der Waals surface area contributed by atoms with Gasteiger partial charge in [0.05, 0.1) is 12.3 Å². The number of nitrogens with zero attached hydrogens (tertiary/aromatic N) is 5. The Kier molecular flexibility index (Phi) is 5.53. The zero-order valence-electron chi connectivity index (χ0n) is 16.2. The van der Waals surface area contributed by atoms with Crippen molar-refractivity contribution in [1.29, 1.82) is 0 Å². The van der Waals surface area contributed by atoms with Crippen molar-refractivity contribution in [1.82, 2.24) is 25.0 Å². The van der Waals surface area contributed by atoms with E-state index in [2.05, 4.69) is 25.6 Å². The third-order valence-electron chi connectivity index (χ3n) is 4.66. The Balaban J connectivity index is 1.47. The van der Waals surface area contributed by atoms with Gasteiger partial charge in [-0.3, -0.25) is 4.79 Å². The number of benzene rings is 2. The van der Waals surface area contributed by atoms with E-state index < -0.39 is 0 Å². The Morgan fingerprint density at radius 3 is 2.72 bits per heavy atom. The fourth-order valence-electron chi connectivity index (χ4n) is 2.95. The number of hydrogen-bond acceptors (Lipinski definition) is 6. The third-order valence-corrected chi connectivity index (χ3v) is 5.64. The average Bonchev–Trinajstić information content (AvgIpc) is 3.14. The van der Waals surface area contributed by atoms with E-state index in [4.69, 9.17) is 0 Å². The quantitative estimate of drug-likeness (QED) is 0.390. The van der Waals surface area contributed by atoms with Gasteiger partial charge in [-0.1, -0.05) is 59.4 Å². The first-order chi connectivity index (χ1) is 14.1. The van der Waals surface area contributed by atoms with Gasteiger partial charge in [0.15, 0.2) is 11.2 Å². The van der Waals surface area contributed by atoms with Gasteiger partial charge >= 0.3 is 0 Å². The van der Waals surface area contributed by atoms with Crippen LogP contribution in [0.4, 0.5) is 5.69 Å². The molecule has 0 unspecified atom stereocenters. The van der Waals surface area contributed by atoms with Crippen molar-refractivity contribution in [3.63, 3.8) is 0 Å². The number of hydrogen-bond donors (Lipinski definition) is 1. The average molecular weight is 404 g/mol. The lowest BCUT2D eigenvalue weighted by Gasteiger charge is -2.10. The maximum atomic E-state index is 12.4. The van der Waals surface area contributed by atoms with Crippen molar-refractivity contribution in [3.8, 4) is 0 Å². The summed E-state index contributed by atoms with van der Waals surface area (Å²) in [5.41, 5.74) is 5.41. The zero-order chi connectivity index (χ0) is 20.2. The van der Waals surface area contributed by atoms with Crippen molar-refractivity contribution < 1.29 is 4.79 Å². The molecule has 0 spiro atoms. The van der Waals surface area contributed by atoms with Crippen molar-refractivity contribution in [2.75, 3.05) is 11.1 Å². The minimum absolute atomic E-state index is 0.0906. The molecule has 0 bridgehead atoms. The monoisotopic (exact) mass is 404 g/mol. The predicted molar refractivity (Wildman–Crippen MR) is 114 cm³/mol. The van der Waals surface area contributed by atoms with Crippen molar-refractivity contribution in [3.05, 3.63) is 71.5 Å². The minimum atomic E-state index is -0.0906. The molecule has 2 aromatic heterocycles. The molecule has 0 aliphatic rings. The van der Waals surface area contributed by atoms with Crippen LogP contribution >= 0.6 is 11.8 Å². The molecule has 4 rings (SSSR count). The number of aryl methyl sites for hydroxylation is 1. The van der Waals surface area contributed by atoms with Crippen LogP contribution in [0.2, 0.25) is 0 Å². The van der Waals surface area contributed by atoms with E-state index in [0.29, 0.717) is 22.7 Å². The van der Waals surface area contributed by atoms with Crippen LogP contribution < -0.4 is 5.32 Å². The number of aromatic nitrogens is 5. The first kappa shape index (κ1) is 19.1. The highest BCUT2D eigenvalue weighted by molar-refractivity contribution is 8.00. The standard InChI is InChI=1S/C21H20N6OS/c1-14-7-6-10-17(15(14)2)24-18(28)12-29-21-19-20(22-13-23-21)27(26-25-19)11-16-8-4-3-5-9-16/h3-10,13H,11-12H2,1-2H3,(H,24,28). The Bertz CT molecular complexity index is 1160. The second-order valence-corrected chi connectivity index (χ2v) is 7.63. The van der Waals surface area contributed by atoms with E-state index in [1.165, 1.54) is 18.1 Å². The lowest BCUT2D eigenvalue weighted by molar-refractivity contribution is -0.113. The summed E-state index contributed by atoms with van der Waals surface area (Å²) in [6.45, 7) is 4.60. The number of carbonyl (C=O) groups excluding carboxylic acids is 1. The molecule has 1 N–H and O–H groups in total. The summed E-state index contributed by atoms with van der Waals surface area (Å²) < 4.78 is 1.74. The molecule has 2 heterocycles. The van der Waals surface area contributed by atoms with Crippen LogP contribution in [-0.4, -0.2) is 36.6 Å². The van der Waals surface area contributed by atoms with E-state index in [0.717, 1.165) is 22.4 Å². The Hall–Kier alpha value is -3.26. The summed E-state index contributed by atoms with van der Waals surface area (Å²) in [6.07, 6.45) is 1.48. The number of thioether (sulfide) groups is 1. The maximum Gasteiger partial charge on any atom is 0.234 e. The van der Waals surface area contributed by atoms with Gasteiger partial charge < -0.3 is 5.32 Å². The van der Waals surface area contributed by atoms with Gasteiger partial charge in [0.2, 0.25) is 5.91 Å². The SMILES string of the molecule is Cc1cccc(NC(=O)CSc2ncnc3c2nnn3Cc2ccccc2)c1C. The molecule has 0 aliphatic heterocycles. The zero-order valence-corrected chi connectivity index (χ0v) is 17.0. The molecule has 8 heteroatoms. The summed E-state index contributed by atoms with van der Waals surface area (Å²) >= 11 is 1.33. The molecule has 0 atom stereocenters. The summed E-state index contributed by atoms with van der Waals surface area (Å²) in [7, 11) is 0. The van der Waals surface area contributed by atoms with E-state index >= 15 is 0 Å². The van der Waals surface area contributed by atoms with Gasteiger partial charge in [0.1, 0.15) is 11.4 Å². The molecule has 4 aromatic rings. The second-order valence-electron chi connectivity index (χ2n) is 6.67. The van der Waals surface area contributed by atoms with E-state index in [1.807, 2.05) is 62.4 Å². The molecule has 29 heavy (non-hydrogen) atoms. The molecule has 0 saturated carbocycles. The number of anilines is 1. The van der Waals surface area contributed by atoms with Crippen LogP contribution in [0.3, 0.4) is 0 Å². The minimum Gasteiger partial charge on any atom is -0.325 e. The van der Waals surface area contributed by atoms with Crippen molar-refractivity contribution in [2.24, 2.45) is 0 Å². The highest BCUT2D eigenvalue weighted by Gasteiger charge is 2.14. The smallest absolute Gasteiger partial charge is 0.234 e. The summed E-state index contributed by atoms with van der Waals surface area (Å²) in [4.78, 5) is 21.0. The van der Waals surface area contributed by atoms with Gasteiger partial charge in [-0.2, -0.15) is 0 Å². The highest BCUT2D eigenvalue weighted by Crippen LogP contribution is 2.24. The van der Waals surface area contributed by atoms with Crippen LogP contribution in [0, 0.1) is 13.8 Å². The fourth-order valence-corrected chi connectivity index (χ4v) is 3.68. The number of carbonyl (C=O) groups is 1. The second kappa shape index (κ2) is 8.40. The van der Waals surface area contributed by atoms with Crippen molar-refractivity contribution >= 4 is 34.5 Å². The Morgan fingerprint density at radius 1 is 1.07 bits per heavy atom. The molecule has 0 fully saturated rings. The first-order valence-corrected chi connectivity index (χ1v) is 10.2. The van der Waals surface area contributed by atoms with Gasteiger partial charge in [-0.25, -0.2) is 14.6 Å². The molecule has 0 radical (unpaired) electrons. The van der Waals surface area contributed by atoms with Gasteiger partial charge in [-0.15, -0.1) is 5.10 Å². The van der Waals surface area contributed by atoms with Gasteiger partial charge in [0.25, 0.3) is 0 Å². The number of amides is 1. The molecule has 0 saturated heterocycles. The van der Waals surface area contributed by atoms with Crippen LogP contribution in [0.5, 0.6) is 0 Å². The molecule has 2 aromatic carbocycles. The van der Waals surface area contributed by atoms with Crippen molar-refractivity contribution in [2.45, 2.75) is 25.4 Å². The predicted octanol–water partition coefficient (Wildman–Crippen LogP) is 3.62. The molecular formula is C21H20N6OS. The molecule has 0 aliphatic carbocycles. The summed E-state index contributed by atoms with van der Waals surface area (Å²) in [5.74, 6) is 0.137. The normalized spacial score (nSPS) is 11.0. The number of rotatable bonds is 6. The lowest BCUT2D eigenvalue weighted by Crippen LogP contribution is -2.15. The molecule has 146 valence electrons. The van der Waals surface area contributed by atoms with Gasteiger partial charge in [-0.05, 0) is 36.6 Å². The Labute approximate surface area is 172 Å². The summed E-state index contributed by atoms with van der Waals surface area (Å²) in [6, 6.07) is 15.9. The number of fused-ring (bicyclic) bond motifs is 1. The van der Waals surface area contributed by atoms with Crippen LogP contribution in [-0.2, 0) is 11.3 Å². The first-order valence-electron chi connectivity index (χ1n) is 9.19. The van der Waals surface area contributed by atoms with E-state index in [1.54, 1.807) is 4.68 Å². The van der Waals surface area contributed by atoms with Gasteiger partial charge in [0, 0.05) is 5.69 Å². The molecule has 7 nitrogen and oxygen atoms in total. The molecular weight excluding hydrogens is 384 g/mol. The topological polar surface area (TPSA) is 85.6 Å². The van der Waals surface area contributed by atoms with Crippen LogP contribution in [0.15, 0.2) is 59.9 Å². The van der Waals surface area contributed by atoms with E-state index in [9.17, 15) is 4.79 Å². The number of nitrogens with one attached hydrogen (secondary N) is 1. The van der Waals surface area contributed by atoms with Crippen LogP contribution in [0.25, 0.3) is 11.2 Å². The third kappa shape index (κ3) is 4.27. The maximum absolute atomic E-state index is 12.4. The highest BCUT2D eigenvalue weighted by atomic mass is 32.2. The largest absolute Gasteiger partial charge is 0.325 e.